The topological polar surface area (TPSA) is 79.8 Å². The summed E-state index contributed by atoms with van der Waals surface area (Å²) in [7, 11) is 0. The standard InChI is InChI=1S/C20H21N5O/c1-14-4-3-5-17(10-14)13-22-19(26)18-11-15(2)24-20(25-18)23-12-16-6-8-21-9-7-16/h3-11H,12-13H2,1-2H3,(H,22,26)(H,23,24,25). The van der Waals surface area contributed by atoms with E-state index in [1.807, 2.05) is 50.2 Å². The van der Waals surface area contributed by atoms with Gasteiger partial charge in [-0.1, -0.05) is 29.8 Å². The Balaban J connectivity index is 1.65. The normalized spacial score (nSPS) is 10.4. The molecule has 0 unspecified atom stereocenters. The molecule has 6 heteroatoms. The fourth-order valence-electron chi connectivity index (χ4n) is 2.54. The third kappa shape index (κ3) is 4.86. The van der Waals surface area contributed by atoms with Crippen molar-refractivity contribution in [3.8, 4) is 0 Å². The molecule has 3 rings (SSSR count). The molecular weight excluding hydrogens is 326 g/mol. The van der Waals surface area contributed by atoms with Gasteiger partial charge in [0, 0.05) is 31.2 Å². The number of nitrogens with zero attached hydrogens (tertiary/aromatic N) is 3. The first-order valence-corrected chi connectivity index (χ1v) is 8.42. The van der Waals surface area contributed by atoms with E-state index in [2.05, 4.69) is 25.6 Å². The van der Waals surface area contributed by atoms with E-state index in [9.17, 15) is 4.79 Å². The summed E-state index contributed by atoms with van der Waals surface area (Å²) in [6.07, 6.45) is 3.47. The van der Waals surface area contributed by atoms with Crippen LogP contribution in [0.5, 0.6) is 0 Å². The number of carbonyl (C=O) groups is 1. The summed E-state index contributed by atoms with van der Waals surface area (Å²) < 4.78 is 0. The second-order valence-corrected chi connectivity index (χ2v) is 6.10. The molecule has 3 aromatic rings. The van der Waals surface area contributed by atoms with E-state index < -0.39 is 0 Å². The van der Waals surface area contributed by atoms with E-state index in [-0.39, 0.29) is 5.91 Å². The number of aromatic nitrogens is 3. The fourth-order valence-corrected chi connectivity index (χ4v) is 2.54. The molecule has 1 aromatic carbocycles. The third-order valence-corrected chi connectivity index (χ3v) is 3.82. The lowest BCUT2D eigenvalue weighted by atomic mass is 10.1. The Morgan fingerprint density at radius 2 is 1.77 bits per heavy atom. The molecule has 0 fully saturated rings. The molecule has 0 saturated carbocycles. The van der Waals surface area contributed by atoms with E-state index >= 15 is 0 Å². The number of nitrogens with one attached hydrogen (secondary N) is 2. The maximum absolute atomic E-state index is 12.4. The van der Waals surface area contributed by atoms with Crippen molar-refractivity contribution >= 4 is 11.9 Å². The van der Waals surface area contributed by atoms with Gasteiger partial charge in [0.2, 0.25) is 5.95 Å². The van der Waals surface area contributed by atoms with Gasteiger partial charge in [0.25, 0.3) is 5.91 Å². The average molecular weight is 347 g/mol. The largest absolute Gasteiger partial charge is 0.350 e. The van der Waals surface area contributed by atoms with Crippen molar-refractivity contribution in [1.82, 2.24) is 20.3 Å². The van der Waals surface area contributed by atoms with Crippen LogP contribution in [0.25, 0.3) is 0 Å². The van der Waals surface area contributed by atoms with E-state index in [0.29, 0.717) is 24.7 Å². The number of benzene rings is 1. The SMILES string of the molecule is Cc1cccc(CNC(=O)c2cc(C)nc(NCc3ccncc3)n2)c1. The molecule has 0 atom stereocenters. The van der Waals surface area contributed by atoms with Crippen molar-refractivity contribution in [2.45, 2.75) is 26.9 Å². The summed E-state index contributed by atoms with van der Waals surface area (Å²) in [6, 6.07) is 13.6. The second kappa shape index (κ2) is 8.20. The van der Waals surface area contributed by atoms with Gasteiger partial charge in [-0.25, -0.2) is 9.97 Å². The average Bonchev–Trinajstić information content (AvgIpc) is 2.65. The van der Waals surface area contributed by atoms with Crippen LogP contribution in [0, 0.1) is 13.8 Å². The van der Waals surface area contributed by atoms with Crippen LogP contribution in [0.1, 0.15) is 32.9 Å². The van der Waals surface area contributed by atoms with E-state index in [0.717, 1.165) is 22.4 Å². The molecule has 0 saturated heterocycles. The highest BCUT2D eigenvalue weighted by Gasteiger charge is 2.10. The molecule has 1 amide bonds. The number of anilines is 1. The van der Waals surface area contributed by atoms with Gasteiger partial charge >= 0.3 is 0 Å². The highest BCUT2D eigenvalue weighted by molar-refractivity contribution is 5.92. The minimum Gasteiger partial charge on any atom is -0.350 e. The predicted molar refractivity (Wildman–Crippen MR) is 101 cm³/mol. The maximum atomic E-state index is 12.4. The molecule has 0 spiro atoms. The molecule has 132 valence electrons. The Hall–Kier alpha value is -3.28. The highest BCUT2D eigenvalue weighted by Crippen LogP contribution is 2.08. The van der Waals surface area contributed by atoms with Gasteiger partial charge in [0.1, 0.15) is 5.69 Å². The first-order valence-electron chi connectivity index (χ1n) is 8.42. The summed E-state index contributed by atoms with van der Waals surface area (Å²) in [4.78, 5) is 25.1. The maximum Gasteiger partial charge on any atom is 0.270 e. The summed E-state index contributed by atoms with van der Waals surface area (Å²) in [5.74, 6) is 0.214. The Labute approximate surface area is 152 Å². The Morgan fingerprint density at radius 1 is 0.962 bits per heavy atom. The van der Waals surface area contributed by atoms with Gasteiger partial charge in [-0.15, -0.1) is 0 Å². The van der Waals surface area contributed by atoms with E-state index in [1.165, 1.54) is 0 Å². The van der Waals surface area contributed by atoms with Crippen LogP contribution >= 0.6 is 0 Å². The van der Waals surface area contributed by atoms with Gasteiger partial charge in [-0.05, 0) is 43.2 Å². The van der Waals surface area contributed by atoms with Crippen LogP contribution < -0.4 is 10.6 Å². The van der Waals surface area contributed by atoms with E-state index in [1.54, 1.807) is 18.5 Å². The third-order valence-electron chi connectivity index (χ3n) is 3.82. The quantitative estimate of drug-likeness (QED) is 0.716. The molecule has 0 aliphatic heterocycles. The monoisotopic (exact) mass is 347 g/mol. The van der Waals surface area contributed by atoms with Gasteiger partial charge < -0.3 is 10.6 Å². The zero-order valence-corrected chi connectivity index (χ0v) is 14.9. The smallest absolute Gasteiger partial charge is 0.270 e. The van der Waals surface area contributed by atoms with Gasteiger partial charge in [0.05, 0.1) is 0 Å². The minimum absolute atomic E-state index is 0.219. The van der Waals surface area contributed by atoms with Crippen LogP contribution in [0.4, 0.5) is 5.95 Å². The summed E-state index contributed by atoms with van der Waals surface area (Å²) in [5.41, 5.74) is 4.37. The second-order valence-electron chi connectivity index (χ2n) is 6.10. The Kier molecular flexibility index (Phi) is 5.53. The number of carbonyl (C=O) groups excluding carboxylic acids is 1. The summed E-state index contributed by atoms with van der Waals surface area (Å²) in [5, 5.41) is 6.05. The van der Waals surface area contributed by atoms with Gasteiger partial charge in [-0.2, -0.15) is 0 Å². The molecule has 0 bridgehead atoms. The van der Waals surface area contributed by atoms with Crippen LogP contribution in [-0.2, 0) is 13.1 Å². The molecule has 0 radical (unpaired) electrons. The Bertz CT molecular complexity index is 896. The van der Waals surface area contributed by atoms with Crippen LogP contribution in [0.15, 0.2) is 54.9 Å². The summed E-state index contributed by atoms with van der Waals surface area (Å²) >= 11 is 0. The van der Waals surface area contributed by atoms with Crippen LogP contribution in [-0.4, -0.2) is 20.9 Å². The van der Waals surface area contributed by atoms with Crippen molar-refractivity contribution in [2.75, 3.05) is 5.32 Å². The van der Waals surface area contributed by atoms with Gasteiger partial charge in [0.15, 0.2) is 0 Å². The lowest BCUT2D eigenvalue weighted by Gasteiger charge is -2.09. The fraction of sp³-hybridized carbons (Fsp3) is 0.200. The zero-order chi connectivity index (χ0) is 18.4. The number of aryl methyl sites for hydroxylation is 2. The molecule has 0 aliphatic carbocycles. The first kappa shape index (κ1) is 17.5. The zero-order valence-electron chi connectivity index (χ0n) is 14.9. The number of hydrogen-bond donors (Lipinski definition) is 2. The number of hydrogen-bond acceptors (Lipinski definition) is 5. The Morgan fingerprint density at radius 3 is 2.54 bits per heavy atom. The number of pyridine rings is 1. The highest BCUT2D eigenvalue weighted by atomic mass is 16.1. The number of rotatable bonds is 6. The van der Waals surface area contributed by atoms with Crippen molar-refractivity contribution in [3.63, 3.8) is 0 Å². The van der Waals surface area contributed by atoms with Crippen molar-refractivity contribution in [2.24, 2.45) is 0 Å². The minimum atomic E-state index is -0.219. The van der Waals surface area contributed by atoms with Crippen molar-refractivity contribution in [1.29, 1.82) is 0 Å². The molecule has 0 aliphatic rings. The van der Waals surface area contributed by atoms with Crippen molar-refractivity contribution in [3.05, 3.63) is 82.9 Å². The number of amides is 1. The summed E-state index contributed by atoms with van der Waals surface area (Å²) in [6.45, 7) is 4.90. The molecule has 2 aromatic heterocycles. The van der Waals surface area contributed by atoms with Crippen LogP contribution in [0.2, 0.25) is 0 Å². The first-order chi connectivity index (χ1) is 12.6. The molecule has 26 heavy (non-hydrogen) atoms. The lowest BCUT2D eigenvalue weighted by Crippen LogP contribution is -2.24. The van der Waals surface area contributed by atoms with E-state index in [4.69, 9.17) is 0 Å². The van der Waals surface area contributed by atoms with Gasteiger partial charge in [-0.3, -0.25) is 9.78 Å². The lowest BCUT2D eigenvalue weighted by molar-refractivity contribution is 0.0945. The molecular formula is C20H21N5O. The van der Waals surface area contributed by atoms with Crippen molar-refractivity contribution < 1.29 is 4.79 Å². The van der Waals surface area contributed by atoms with Crippen LogP contribution in [0.3, 0.4) is 0 Å². The predicted octanol–water partition coefficient (Wildman–Crippen LogP) is 3.03. The molecule has 2 N–H and O–H groups in total. The molecule has 2 heterocycles. The molecule has 6 nitrogen and oxygen atoms in total.